The van der Waals surface area contributed by atoms with Gasteiger partial charge in [-0.05, 0) is 25.1 Å². The number of halogens is 6. The van der Waals surface area contributed by atoms with E-state index in [0.29, 0.717) is 23.0 Å². The lowest BCUT2D eigenvalue weighted by Crippen LogP contribution is -2.14. The SMILES string of the molecule is Cc1nn(-c2ccc(C(F)(F)F)cc2C(F)(F)F)cc1[N+](=O)[O-]. The van der Waals surface area contributed by atoms with Crippen molar-refractivity contribution in [2.45, 2.75) is 19.3 Å². The van der Waals surface area contributed by atoms with Crippen molar-refractivity contribution in [3.05, 3.63) is 51.3 Å². The molecule has 0 fully saturated rings. The Morgan fingerprint density at radius 3 is 2.17 bits per heavy atom. The highest BCUT2D eigenvalue weighted by molar-refractivity contribution is 5.47. The average Bonchev–Trinajstić information content (AvgIpc) is 2.78. The Kier molecular flexibility index (Phi) is 3.83. The summed E-state index contributed by atoms with van der Waals surface area (Å²) in [4.78, 5) is 9.86. The smallest absolute Gasteiger partial charge is 0.258 e. The molecule has 0 radical (unpaired) electrons. The maximum absolute atomic E-state index is 13.0. The third-order valence-corrected chi connectivity index (χ3v) is 2.95. The highest BCUT2D eigenvalue weighted by atomic mass is 19.4. The lowest BCUT2D eigenvalue weighted by atomic mass is 10.1. The van der Waals surface area contributed by atoms with E-state index in [0.717, 1.165) is 0 Å². The molecule has 0 unspecified atom stereocenters. The van der Waals surface area contributed by atoms with Crippen LogP contribution >= 0.6 is 0 Å². The molecule has 0 spiro atoms. The maximum atomic E-state index is 13.0. The van der Waals surface area contributed by atoms with Crippen LogP contribution in [0.5, 0.6) is 0 Å². The lowest BCUT2D eigenvalue weighted by molar-refractivity contribution is -0.385. The van der Waals surface area contributed by atoms with Gasteiger partial charge in [-0.2, -0.15) is 31.4 Å². The van der Waals surface area contributed by atoms with Crippen LogP contribution in [-0.4, -0.2) is 14.7 Å². The summed E-state index contributed by atoms with van der Waals surface area (Å²) in [6, 6.07) is 0.966. The number of benzene rings is 1. The summed E-state index contributed by atoms with van der Waals surface area (Å²) < 4.78 is 77.4. The van der Waals surface area contributed by atoms with Crippen LogP contribution in [0.1, 0.15) is 16.8 Å². The molecule has 2 aromatic rings. The number of nitro groups is 1. The zero-order chi connectivity index (χ0) is 17.6. The number of rotatable bonds is 2. The minimum atomic E-state index is -5.09. The van der Waals surface area contributed by atoms with E-state index >= 15 is 0 Å². The van der Waals surface area contributed by atoms with Crippen LogP contribution in [0.15, 0.2) is 24.4 Å². The van der Waals surface area contributed by atoms with Crippen molar-refractivity contribution in [3.63, 3.8) is 0 Å². The number of aryl methyl sites for hydroxylation is 1. The van der Waals surface area contributed by atoms with Crippen LogP contribution in [-0.2, 0) is 12.4 Å². The fourth-order valence-corrected chi connectivity index (χ4v) is 1.89. The lowest BCUT2D eigenvalue weighted by Gasteiger charge is -2.15. The van der Waals surface area contributed by atoms with E-state index < -0.39 is 39.8 Å². The van der Waals surface area contributed by atoms with E-state index in [4.69, 9.17) is 0 Å². The van der Waals surface area contributed by atoms with Crippen molar-refractivity contribution in [1.29, 1.82) is 0 Å². The van der Waals surface area contributed by atoms with Gasteiger partial charge in [-0.25, -0.2) is 4.68 Å². The van der Waals surface area contributed by atoms with Crippen molar-refractivity contribution in [3.8, 4) is 5.69 Å². The molecular formula is C12H7F6N3O2. The minimum Gasteiger partial charge on any atom is -0.258 e. The number of hydrogen-bond donors (Lipinski definition) is 0. The molecule has 5 nitrogen and oxygen atoms in total. The number of nitrogens with zero attached hydrogens (tertiary/aromatic N) is 3. The normalized spacial score (nSPS) is 12.5. The Morgan fingerprint density at radius 2 is 1.74 bits per heavy atom. The predicted molar refractivity (Wildman–Crippen MR) is 65.0 cm³/mol. The number of alkyl halides is 6. The van der Waals surface area contributed by atoms with E-state index in [2.05, 4.69) is 5.10 Å². The van der Waals surface area contributed by atoms with Crippen molar-refractivity contribution < 1.29 is 31.3 Å². The van der Waals surface area contributed by atoms with Gasteiger partial charge in [0.05, 0.1) is 21.7 Å². The van der Waals surface area contributed by atoms with Crippen LogP contribution in [0.3, 0.4) is 0 Å². The minimum absolute atomic E-state index is 0.0574. The van der Waals surface area contributed by atoms with Crippen LogP contribution < -0.4 is 0 Å². The fraction of sp³-hybridized carbons (Fsp3) is 0.250. The van der Waals surface area contributed by atoms with E-state index in [1.165, 1.54) is 6.92 Å². The van der Waals surface area contributed by atoms with Gasteiger partial charge < -0.3 is 0 Å². The average molecular weight is 339 g/mol. The molecule has 1 heterocycles. The molecule has 0 aliphatic carbocycles. The summed E-state index contributed by atoms with van der Waals surface area (Å²) in [6.07, 6.45) is -9.33. The number of hydrogen-bond acceptors (Lipinski definition) is 3. The highest BCUT2D eigenvalue weighted by Crippen LogP contribution is 2.38. The van der Waals surface area contributed by atoms with Crippen molar-refractivity contribution in [2.24, 2.45) is 0 Å². The summed E-state index contributed by atoms with van der Waals surface area (Å²) in [5.74, 6) is 0. The van der Waals surface area contributed by atoms with Gasteiger partial charge in [0, 0.05) is 0 Å². The molecule has 0 amide bonds. The van der Waals surface area contributed by atoms with Gasteiger partial charge in [0.25, 0.3) is 0 Å². The zero-order valence-corrected chi connectivity index (χ0v) is 11.2. The van der Waals surface area contributed by atoms with E-state index in [-0.39, 0.29) is 11.8 Å². The molecule has 1 aromatic heterocycles. The van der Waals surface area contributed by atoms with Crippen molar-refractivity contribution in [2.75, 3.05) is 0 Å². The Bertz CT molecular complexity index is 763. The van der Waals surface area contributed by atoms with Crippen molar-refractivity contribution in [1.82, 2.24) is 9.78 Å². The zero-order valence-electron chi connectivity index (χ0n) is 11.2. The first-order valence-electron chi connectivity index (χ1n) is 5.90. The van der Waals surface area contributed by atoms with Crippen molar-refractivity contribution >= 4 is 5.69 Å². The molecule has 23 heavy (non-hydrogen) atoms. The molecule has 1 aromatic carbocycles. The molecule has 2 rings (SSSR count). The van der Waals surface area contributed by atoms with Gasteiger partial charge in [-0.1, -0.05) is 0 Å². The highest BCUT2D eigenvalue weighted by Gasteiger charge is 2.39. The summed E-state index contributed by atoms with van der Waals surface area (Å²) in [5.41, 5.74) is -4.51. The fourth-order valence-electron chi connectivity index (χ4n) is 1.89. The van der Waals surface area contributed by atoms with E-state index in [9.17, 15) is 36.5 Å². The van der Waals surface area contributed by atoms with Crippen LogP contribution in [0, 0.1) is 17.0 Å². The monoisotopic (exact) mass is 339 g/mol. The second-order valence-corrected chi connectivity index (χ2v) is 4.53. The molecule has 0 bridgehead atoms. The Morgan fingerprint density at radius 1 is 1.13 bits per heavy atom. The molecule has 0 N–H and O–H groups in total. The summed E-state index contributed by atoms with van der Waals surface area (Å²) in [5, 5.41) is 14.3. The first kappa shape index (κ1) is 16.8. The molecule has 124 valence electrons. The standard InChI is InChI=1S/C12H7F6N3O2/c1-6-10(21(22)23)5-20(19-6)9-3-2-7(11(13,14)15)4-8(9)12(16,17)18/h2-5H,1H3. The summed E-state index contributed by atoms with van der Waals surface area (Å²) >= 11 is 0. The van der Waals surface area contributed by atoms with Gasteiger partial charge in [0.2, 0.25) is 0 Å². The van der Waals surface area contributed by atoms with Gasteiger partial charge in [0.1, 0.15) is 11.9 Å². The summed E-state index contributed by atoms with van der Waals surface area (Å²) in [7, 11) is 0. The third kappa shape index (κ3) is 3.27. The molecule has 0 atom stereocenters. The predicted octanol–water partition coefficient (Wildman–Crippen LogP) is 4.13. The second kappa shape index (κ2) is 5.25. The Balaban J connectivity index is 2.67. The molecule has 0 saturated heterocycles. The molecule has 0 aliphatic heterocycles. The molecule has 0 saturated carbocycles. The maximum Gasteiger partial charge on any atom is 0.418 e. The van der Waals surface area contributed by atoms with Crippen LogP contribution in [0.4, 0.5) is 32.0 Å². The topological polar surface area (TPSA) is 61.0 Å². The van der Waals surface area contributed by atoms with E-state index in [1.807, 2.05) is 0 Å². The first-order chi connectivity index (χ1) is 10.4. The van der Waals surface area contributed by atoms with Gasteiger partial charge >= 0.3 is 18.0 Å². The van der Waals surface area contributed by atoms with Crippen LogP contribution in [0.25, 0.3) is 5.69 Å². The van der Waals surface area contributed by atoms with Gasteiger partial charge in [0.15, 0.2) is 0 Å². The van der Waals surface area contributed by atoms with E-state index in [1.54, 1.807) is 0 Å². The Labute approximate surface area is 124 Å². The molecule has 11 heteroatoms. The molecule has 0 aliphatic rings. The summed E-state index contributed by atoms with van der Waals surface area (Å²) in [6.45, 7) is 1.20. The van der Waals surface area contributed by atoms with Crippen LogP contribution in [0.2, 0.25) is 0 Å². The third-order valence-electron chi connectivity index (χ3n) is 2.95. The Hall–Kier alpha value is -2.59. The second-order valence-electron chi connectivity index (χ2n) is 4.53. The van der Waals surface area contributed by atoms with Gasteiger partial charge in [-0.15, -0.1) is 0 Å². The van der Waals surface area contributed by atoms with Gasteiger partial charge in [-0.3, -0.25) is 10.1 Å². The number of aromatic nitrogens is 2. The largest absolute Gasteiger partial charge is 0.418 e. The molecular weight excluding hydrogens is 332 g/mol. The first-order valence-corrected chi connectivity index (χ1v) is 5.90. The quantitative estimate of drug-likeness (QED) is 0.470.